The van der Waals surface area contributed by atoms with Gasteiger partial charge in [0.15, 0.2) is 0 Å². The molecular formula is C20H25F3N4O3. The SMILES string of the molecule is CNC(=O)Oc1cc(-c2ccc(OC[C@@](C)(N)CC(C)C)c(C(F)(F)F)c2)ncn1. The Balaban J connectivity index is 2.33. The first-order valence-electron chi connectivity index (χ1n) is 9.26. The molecule has 3 N–H and O–H groups in total. The molecule has 30 heavy (non-hydrogen) atoms. The first-order valence-corrected chi connectivity index (χ1v) is 9.26. The minimum atomic E-state index is -4.65. The second-order valence-electron chi connectivity index (χ2n) is 7.63. The molecule has 0 saturated carbocycles. The Morgan fingerprint density at radius 2 is 1.93 bits per heavy atom. The van der Waals surface area contributed by atoms with E-state index in [0.29, 0.717) is 6.42 Å². The first kappa shape index (κ1) is 23.4. The third kappa shape index (κ3) is 6.58. The lowest BCUT2D eigenvalue weighted by atomic mass is 9.93. The van der Waals surface area contributed by atoms with Crippen LogP contribution in [0.15, 0.2) is 30.6 Å². The molecule has 0 saturated heterocycles. The topological polar surface area (TPSA) is 99.4 Å². The van der Waals surface area contributed by atoms with Crippen LogP contribution in [0.1, 0.15) is 32.8 Å². The maximum absolute atomic E-state index is 13.6. The van der Waals surface area contributed by atoms with E-state index in [9.17, 15) is 18.0 Å². The van der Waals surface area contributed by atoms with Crippen molar-refractivity contribution >= 4 is 6.09 Å². The number of nitrogens with one attached hydrogen (secondary N) is 1. The number of ether oxygens (including phenoxy) is 2. The fraction of sp³-hybridized carbons (Fsp3) is 0.450. The molecule has 0 aliphatic rings. The van der Waals surface area contributed by atoms with Gasteiger partial charge in [0.25, 0.3) is 0 Å². The van der Waals surface area contributed by atoms with Gasteiger partial charge in [0, 0.05) is 24.2 Å². The fourth-order valence-electron chi connectivity index (χ4n) is 2.97. The molecule has 0 spiro atoms. The van der Waals surface area contributed by atoms with Crippen molar-refractivity contribution in [2.45, 2.75) is 38.9 Å². The van der Waals surface area contributed by atoms with Crippen molar-refractivity contribution in [3.05, 3.63) is 36.2 Å². The summed E-state index contributed by atoms with van der Waals surface area (Å²) < 4.78 is 51.3. The molecular weight excluding hydrogens is 401 g/mol. The zero-order chi connectivity index (χ0) is 22.5. The number of amides is 1. The van der Waals surface area contributed by atoms with Crippen molar-refractivity contribution in [2.24, 2.45) is 11.7 Å². The lowest BCUT2D eigenvalue weighted by molar-refractivity contribution is -0.139. The molecule has 0 unspecified atom stereocenters. The highest BCUT2D eigenvalue weighted by atomic mass is 19.4. The zero-order valence-corrected chi connectivity index (χ0v) is 17.2. The van der Waals surface area contributed by atoms with Crippen molar-refractivity contribution < 1.29 is 27.4 Å². The van der Waals surface area contributed by atoms with Crippen LogP contribution in [0.2, 0.25) is 0 Å². The van der Waals surface area contributed by atoms with Gasteiger partial charge in [0.2, 0.25) is 5.88 Å². The van der Waals surface area contributed by atoms with Crippen LogP contribution in [-0.4, -0.2) is 35.3 Å². The molecule has 0 aliphatic heterocycles. The summed E-state index contributed by atoms with van der Waals surface area (Å²) in [4.78, 5) is 19.0. The van der Waals surface area contributed by atoms with Gasteiger partial charge in [0.05, 0.1) is 11.3 Å². The van der Waals surface area contributed by atoms with Gasteiger partial charge in [-0.15, -0.1) is 0 Å². The molecule has 10 heteroatoms. The Kier molecular flexibility index (Phi) is 7.25. The number of carbonyl (C=O) groups excluding carboxylic acids is 1. The highest BCUT2D eigenvalue weighted by molar-refractivity contribution is 5.70. The summed E-state index contributed by atoms with van der Waals surface area (Å²) in [5.41, 5.74) is 4.74. The van der Waals surface area contributed by atoms with Crippen LogP contribution in [0.4, 0.5) is 18.0 Å². The van der Waals surface area contributed by atoms with Crippen LogP contribution >= 0.6 is 0 Å². The maximum atomic E-state index is 13.6. The van der Waals surface area contributed by atoms with Crippen LogP contribution in [0.3, 0.4) is 0 Å². The number of nitrogens with zero attached hydrogens (tertiary/aromatic N) is 2. The van der Waals surface area contributed by atoms with Gasteiger partial charge >= 0.3 is 12.3 Å². The summed E-state index contributed by atoms with van der Waals surface area (Å²) in [5.74, 6) is -0.138. The van der Waals surface area contributed by atoms with E-state index in [4.69, 9.17) is 15.2 Å². The third-order valence-electron chi connectivity index (χ3n) is 4.06. The lowest BCUT2D eigenvalue weighted by Crippen LogP contribution is -2.43. The molecule has 1 aromatic carbocycles. The summed E-state index contributed by atoms with van der Waals surface area (Å²) in [5, 5.41) is 2.25. The molecule has 1 heterocycles. The van der Waals surface area contributed by atoms with E-state index in [1.165, 1.54) is 25.2 Å². The Labute approximate surface area is 172 Å². The van der Waals surface area contributed by atoms with Gasteiger partial charge in [-0.3, -0.25) is 0 Å². The second-order valence-corrected chi connectivity index (χ2v) is 7.63. The molecule has 1 atom stereocenters. The monoisotopic (exact) mass is 426 g/mol. The van der Waals surface area contributed by atoms with E-state index >= 15 is 0 Å². The van der Waals surface area contributed by atoms with Crippen molar-refractivity contribution in [2.75, 3.05) is 13.7 Å². The Morgan fingerprint density at radius 3 is 2.53 bits per heavy atom. The van der Waals surface area contributed by atoms with Gasteiger partial charge in [-0.2, -0.15) is 13.2 Å². The van der Waals surface area contributed by atoms with Crippen LogP contribution in [-0.2, 0) is 6.18 Å². The van der Waals surface area contributed by atoms with Gasteiger partial charge in [0.1, 0.15) is 18.7 Å². The summed E-state index contributed by atoms with van der Waals surface area (Å²) in [6.07, 6.45) is -3.72. The molecule has 2 rings (SSSR count). The minimum absolute atomic E-state index is 0.0643. The van der Waals surface area contributed by atoms with Gasteiger partial charge in [-0.1, -0.05) is 13.8 Å². The molecule has 7 nitrogen and oxygen atoms in total. The minimum Gasteiger partial charge on any atom is -0.491 e. The highest BCUT2D eigenvalue weighted by Crippen LogP contribution is 2.39. The van der Waals surface area contributed by atoms with E-state index < -0.39 is 23.4 Å². The molecule has 0 fully saturated rings. The smallest absolute Gasteiger partial charge is 0.419 e. The second kappa shape index (κ2) is 9.29. The van der Waals surface area contributed by atoms with Gasteiger partial charge < -0.3 is 20.5 Å². The average Bonchev–Trinajstić information content (AvgIpc) is 2.64. The first-order chi connectivity index (χ1) is 13.9. The van der Waals surface area contributed by atoms with Crippen molar-refractivity contribution in [3.8, 4) is 22.9 Å². The lowest BCUT2D eigenvalue weighted by Gasteiger charge is -2.27. The predicted octanol–water partition coefficient (Wildman–Crippen LogP) is 4.02. The van der Waals surface area contributed by atoms with E-state index in [1.54, 1.807) is 6.92 Å². The highest BCUT2D eigenvalue weighted by Gasteiger charge is 2.35. The average molecular weight is 426 g/mol. The zero-order valence-electron chi connectivity index (χ0n) is 17.2. The molecule has 0 bridgehead atoms. The predicted molar refractivity (Wildman–Crippen MR) is 105 cm³/mol. The number of carbonyl (C=O) groups is 1. The van der Waals surface area contributed by atoms with Crippen LogP contribution < -0.4 is 20.5 Å². The molecule has 2 aromatic rings. The third-order valence-corrected chi connectivity index (χ3v) is 4.06. The largest absolute Gasteiger partial charge is 0.491 e. The number of halogens is 3. The quantitative estimate of drug-likeness (QED) is 0.694. The van der Waals surface area contributed by atoms with Gasteiger partial charge in [-0.25, -0.2) is 14.8 Å². The van der Waals surface area contributed by atoms with Crippen LogP contribution in [0, 0.1) is 5.92 Å². The molecule has 1 aromatic heterocycles. The van der Waals surface area contributed by atoms with Crippen molar-refractivity contribution in [1.82, 2.24) is 15.3 Å². The van der Waals surface area contributed by atoms with E-state index in [-0.39, 0.29) is 35.4 Å². The molecule has 0 radical (unpaired) electrons. The Bertz CT molecular complexity index is 886. The number of rotatable bonds is 7. The Hall–Kier alpha value is -2.88. The van der Waals surface area contributed by atoms with Crippen molar-refractivity contribution in [3.63, 3.8) is 0 Å². The summed E-state index contributed by atoms with van der Waals surface area (Å²) in [7, 11) is 1.37. The molecule has 1 amide bonds. The number of benzene rings is 1. The summed E-state index contributed by atoms with van der Waals surface area (Å²) in [6.45, 7) is 5.63. The number of hydrogen-bond acceptors (Lipinski definition) is 6. The normalized spacial score (nSPS) is 13.6. The molecule has 164 valence electrons. The van der Waals surface area contributed by atoms with Crippen molar-refractivity contribution in [1.29, 1.82) is 0 Å². The summed E-state index contributed by atoms with van der Waals surface area (Å²) >= 11 is 0. The summed E-state index contributed by atoms with van der Waals surface area (Å²) in [6, 6.07) is 4.86. The number of aromatic nitrogens is 2. The number of hydrogen-bond donors (Lipinski definition) is 2. The van der Waals surface area contributed by atoms with Crippen LogP contribution in [0.5, 0.6) is 11.6 Å². The van der Waals surface area contributed by atoms with Crippen LogP contribution in [0.25, 0.3) is 11.3 Å². The van der Waals surface area contributed by atoms with E-state index in [1.807, 2.05) is 13.8 Å². The van der Waals surface area contributed by atoms with E-state index in [0.717, 1.165) is 12.4 Å². The maximum Gasteiger partial charge on any atom is 0.419 e. The van der Waals surface area contributed by atoms with Gasteiger partial charge in [-0.05, 0) is 37.5 Å². The standard InChI is InChI=1S/C20H25F3N4O3/c1-12(2)9-19(3,24)10-29-16-6-5-13(7-14(16)20(21,22)23)15-8-17(27-11-26-15)30-18(28)25-4/h5-8,11-12H,9-10,24H2,1-4H3,(H,25,28)/t19-/m0/s1. The van der Waals surface area contributed by atoms with E-state index in [2.05, 4.69) is 15.3 Å². The molecule has 0 aliphatic carbocycles. The Morgan fingerprint density at radius 1 is 1.23 bits per heavy atom. The number of alkyl halides is 3. The fourth-order valence-corrected chi connectivity index (χ4v) is 2.97. The number of nitrogens with two attached hydrogens (primary N) is 1.